The fourth-order valence-corrected chi connectivity index (χ4v) is 1.20. The van der Waals surface area contributed by atoms with E-state index in [-0.39, 0.29) is 6.61 Å². The van der Waals surface area contributed by atoms with Crippen LogP contribution in [-0.2, 0) is 4.74 Å². The third-order valence-electron chi connectivity index (χ3n) is 1.97. The SMILES string of the molecule is COc1ccc(C(=O)OCCN)cc1OC. The Labute approximate surface area is 94.1 Å². The van der Waals surface area contributed by atoms with Crippen LogP contribution in [0.5, 0.6) is 11.5 Å². The summed E-state index contributed by atoms with van der Waals surface area (Å²) in [5.74, 6) is 0.633. The second kappa shape index (κ2) is 5.97. The molecule has 0 aliphatic rings. The Morgan fingerprint density at radius 2 is 1.94 bits per heavy atom. The summed E-state index contributed by atoms with van der Waals surface area (Å²) in [7, 11) is 3.04. The summed E-state index contributed by atoms with van der Waals surface area (Å²) in [4.78, 5) is 11.5. The summed E-state index contributed by atoms with van der Waals surface area (Å²) < 4.78 is 15.0. The molecule has 5 heteroatoms. The standard InChI is InChI=1S/C11H15NO4/c1-14-9-4-3-8(7-10(9)15-2)11(13)16-6-5-12/h3-4,7H,5-6,12H2,1-2H3. The molecule has 0 spiro atoms. The summed E-state index contributed by atoms with van der Waals surface area (Å²) >= 11 is 0. The molecule has 0 bridgehead atoms. The molecular weight excluding hydrogens is 210 g/mol. The van der Waals surface area contributed by atoms with Gasteiger partial charge in [-0.1, -0.05) is 0 Å². The molecule has 0 radical (unpaired) electrons. The van der Waals surface area contributed by atoms with E-state index in [4.69, 9.17) is 19.9 Å². The molecule has 1 aromatic carbocycles. The second-order valence-corrected chi connectivity index (χ2v) is 2.99. The molecule has 0 saturated carbocycles. The highest BCUT2D eigenvalue weighted by atomic mass is 16.5. The van der Waals surface area contributed by atoms with Gasteiger partial charge in [-0.2, -0.15) is 0 Å². The number of hydrogen-bond donors (Lipinski definition) is 1. The fraction of sp³-hybridized carbons (Fsp3) is 0.364. The van der Waals surface area contributed by atoms with Crippen LogP contribution in [0.1, 0.15) is 10.4 Å². The molecule has 0 fully saturated rings. The van der Waals surface area contributed by atoms with Crippen molar-refractivity contribution < 1.29 is 19.0 Å². The number of rotatable bonds is 5. The average Bonchev–Trinajstić information content (AvgIpc) is 2.34. The molecule has 1 aromatic rings. The normalized spacial score (nSPS) is 9.69. The predicted molar refractivity (Wildman–Crippen MR) is 58.9 cm³/mol. The van der Waals surface area contributed by atoms with Crippen LogP contribution in [0.25, 0.3) is 0 Å². The van der Waals surface area contributed by atoms with Crippen molar-refractivity contribution in [3.8, 4) is 11.5 Å². The van der Waals surface area contributed by atoms with Crippen molar-refractivity contribution in [1.82, 2.24) is 0 Å². The molecule has 2 N–H and O–H groups in total. The van der Waals surface area contributed by atoms with E-state index in [1.54, 1.807) is 18.2 Å². The van der Waals surface area contributed by atoms with Gasteiger partial charge in [0.05, 0.1) is 19.8 Å². The molecule has 0 amide bonds. The summed E-state index contributed by atoms with van der Waals surface area (Å²) in [6.07, 6.45) is 0. The smallest absolute Gasteiger partial charge is 0.338 e. The predicted octanol–water partition coefficient (Wildman–Crippen LogP) is 0.819. The molecule has 0 aromatic heterocycles. The van der Waals surface area contributed by atoms with E-state index in [9.17, 15) is 4.79 Å². The summed E-state index contributed by atoms with van der Waals surface area (Å²) in [6, 6.07) is 4.83. The first-order valence-corrected chi connectivity index (χ1v) is 4.82. The highest BCUT2D eigenvalue weighted by Gasteiger charge is 2.11. The summed E-state index contributed by atoms with van der Waals surface area (Å²) in [5.41, 5.74) is 5.64. The first-order valence-electron chi connectivity index (χ1n) is 4.82. The van der Waals surface area contributed by atoms with Gasteiger partial charge in [-0.05, 0) is 18.2 Å². The number of hydrogen-bond acceptors (Lipinski definition) is 5. The Balaban J connectivity index is 2.85. The van der Waals surface area contributed by atoms with E-state index < -0.39 is 5.97 Å². The monoisotopic (exact) mass is 225 g/mol. The molecule has 0 aliphatic carbocycles. The van der Waals surface area contributed by atoms with Crippen molar-refractivity contribution in [1.29, 1.82) is 0 Å². The van der Waals surface area contributed by atoms with Crippen molar-refractivity contribution in [2.45, 2.75) is 0 Å². The molecule has 5 nitrogen and oxygen atoms in total. The zero-order valence-electron chi connectivity index (χ0n) is 9.36. The van der Waals surface area contributed by atoms with Crippen molar-refractivity contribution in [2.24, 2.45) is 5.73 Å². The minimum atomic E-state index is -0.425. The van der Waals surface area contributed by atoms with Crippen LogP contribution in [-0.4, -0.2) is 33.3 Å². The third-order valence-corrected chi connectivity index (χ3v) is 1.97. The first-order chi connectivity index (χ1) is 7.72. The van der Waals surface area contributed by atoms with Gasteiger partial charge in [-0.15, -0.1) is 0 Å². The lowest BCUT2D eigenvalue weighted by molar-refractivity contribution is 0.0516. The molecular formula is C11H15NO4. The van der Waals surface area contributed by atoms with Gasteiger partial charge in [0.15, 0.2) is 11.5 Å². The maximum atomic E-state index is 11.5. The van der Waals surface area contributed by atoms with Gasteiger partial charge >= 0.3 is 5.97 Å². The van der Waals surface area contributed by atoms with E-state index >= 15 is 0 Å². The minimum Gasteiger partial charge on any atom is -0.493 e. The largest absolute Gasteiger partial charge is 0.493 e. The average molecular weight is 225 g/mol. The quantitative estimate of drug-likeness (QED) is 0.751. The highest BCUT2D eigenvalue weighted by Crippen LogP contribution is 2.27. The Hall–Kier alpha value is -1.75. The molecule has 88 valence electrons. The first kappa shape index (κ1) is 12.3. The van der Waals surface area contributed by atoms with E-state index in [1.807, 2.05) is 0 Å². The number of ether oxygens (including phenoxy) is 3. The van der Waals surface area contributed by atoms with Crippen LogP contribution >= 0.6 is 0 Å². The highest BCUT2D eigenvalue weighted by molar-refractivity contribution is 5.90. The number of methoxy groups -OCH3 is 2. The van der Waals surface area contributed by atoms with Crippen molar-refractivity contribution in [3.05, 3.63) is 23.8 Å². The summed E-state index contributed by atoms with van der Waals surface area (Å²) in [6.45, 7) is 0.506. The minimum absolute atomic E-state index is 0.202. The zero-order chi connectivity index (χ0) is 12.0. The lowest BCUT2D eigenvalue weighted by Gasteiger charge is -2.09. The number of nitrogens with two attached hydrogens (primary N) is 1. The van der Waals surface area contributed by atoms with Gasteiger partial charge in [-0.25, -0.2) is 4.79 Å². The van der Waals surface area contributed by atoms with Crippen molar-refractivity contribution >= 4 is 5.97 Å². The second-order valence-electron chi connectivity index (χ2n) is 2.99. The lowest BCUT2D eigenvalue weighted by atomic mass is 10.2. The van der Waals surface area contributed by atoms with Gasteiger partial charge in [-0.3, -0.25) is 0 Å². The van der Waals surface area contributed by atoms with E-state index in [0.717, 1.165) is 0 Å². The van der Waals surface area contributed by atoms with Crippen LogP contribution in [0.4, 0.5) is 0 Å². The Morgan fingerprint density at radius 1 is 1.25 bits per heavy atom. The zero-order valence-corrected chi connectivity index (χ0v) is 9.36. The number of benzene rings is 1. The Kier molecular flexibility index (Phi) is 4.60. The summed E-state index contributed by atoms with van der Waals surface area (Å²) in [5, 5.41) is 0. The molecule has 0 atom stereocenters. The van der Waals surface area contributed by atoms with E-state index in [0.29, 0.717) is 23.6 Å². The van der Waals surface area contributed by atoms with Gasteiger partial charge < -0.3 is 19.9 Å². The number of carbonyl (C=O) groups excluding carboxylic acids is 1. The maximum Gasteiger partial charge on any atom is 0.338 e. The molecule has 0 heterocycles. The van der Waals surface area contributed by atoms with Gasteiger partial charge in [0.1, 0.15) is 6.61 Å². The molecule has 16 heavy (non-hydrogen) atoms. The molecule has 0 unspecified atom stereocenters. The fourth-order valence-electron chi connectivity index (χ4n) is 1.20. The Morgan fingerprint density at radius 3 is 2.50 bits per heavy atom. The topological polar surface area (TPSA) is 70.8 Å². The van der Waals surface area contributed by atoms with E-state index in [1.165, 1.54) is 14.2 Å². The van der Waals surface area contributed by atoms with E-state index in [2.05, 4.69) is 0 Å². The van der Waals surface area contributed by atoms with Gasteiger partial charge in [0.2, 0.25) is 0 Å². The lowest BCUT2D eigenvalue weighted by Crippen LogP contribution is -2.13. The van der Waals surface area contributed by atoms with Crippen LogP contribution < -0.4 is 15.2 Å². The Bertz CT molecular complexity index is 365. The third kappa shape index (κ3) is 2.87. The van der Waals surface area contributed by atoms with Crippen molar-refractivity contribution in [2.75, 3.05) is 27.4 Å². The molecule has 0 saturated heterocycles. The van der Waals surface area contributed by atoms with Gasteiger partial charge in [0, 0.05) is 6.54 Å². The number of esters is 1. The van der Waals surface area contributed by atoms with Crippen LogP contribution in [0.2, 0.25) is 0 Å². The molecule has 1 rings (SSSR count). The molecule has 0 aliphatic heterocycles. The van der Waals surface area contributed by atoms with Crippen LogP contribution in [0.3, 0.4) is 0 Å². The van der Waals surface area contributed by atoms with Crippen LogP contribution in [0, 0.1) is 0 Å². The maximum absolute atomic E-state index is 11.5. The van der Waals surface area contributed by atoms with Gasteiger partial charge in [0.25, 0.3) is 0 Å². The van der Waals surface area contributed by atoms with Crippen LogP contribution in [0.15, 0.2) is 18.2 Å². The van der Waals surface area contributed by atoms with Crippen molar-refractivity contribution in [3.63, 3.8) is 0 Å². The number of carbonyl (C=O) groups is 1.